The van der Waals surface area contributed by atoms with E-state index in [0.717, 1.165) is 6.42 Å². The van der Waals surface area contributed by atoms with Gasteiger partial charge in [-0.05, 0) is 55.9 Å². The van der Waals surface area contributed by atoms with E-state index in [1.807, 2.05) is 4.40 Å². The highest BCUT2D eigenvalue weighted by Gasteiger charge is 2.34. The number of aromatic nitrogens is 4. The van der Waals surface area contributed by atoms with E-state index in [2.05, 4.69) is 34.0 Å². The van der Waals surface area contributed by atoms with Crippen LogP contribution in [0.25, 0.3) is 16.8 Å². The lowest BCUT2D eigenvalue weighted by Gasteiger charge is -2.21. The van der Waals surface area contributed by atoms with Crippen LogP contribution in [0.4, 0.5) is 11.6 Å². The lowest BCUT2D eigenvalue weighted by atomic mass is 10.1. The predicted molar refractivity (Wildman–Crippen MR) is 150 cm³/mol. The number of carbonyl (C=O) groups is 3. The molecular weight excluding hydrogens is 522 g/mol. The van der Waals surface area contributed by atoms with Gasteiger partial charge in [0.15, 0.2) is 12.1 Å². The summed E-state index contributed by atoms with van der Waals surface area (Å²) in [6.07, 6.45) is 6.59. The molecule has 1 aromatic carbocycles. The summed E-state index contributed by atoms with van der Waals surface area (Å²) in [5, 5.41) is 11.7. The van der Waals surface area contributed by atoms with Gasteiger partial charge in [0, 0.05) is 29.8 Å². The number of anilines is 2. The standard InChI is InChI=1S/C30H25N7O4/c1-2-7-24(38)36-17-5-8-22(36)29-34-26(27-28(31)35(18-19-37(27)29)16-6-10-25(39)40)20-11-13-21(14-12-20)30(41)33-23-9-3-4-15-32-23/h3-4,9,11-15,18-19,22,31H,5,8,16-17H2,1H3,(H2,32,33,39,40,41)/p+1/t22-/m0/s1. The average Bonchev–Trinajstić information content (AvgIpc) is 3.60. The van der Waals surface area contributed by atoms with E-state index >= 15 is 0 Å². The molecule has 0 radical (unpaired) electrons. The van der Waals surface area contributed by atoms with E-state index in [1.165, 1.54) is 0 Å². The Labute approximate surface area is 235 Å². The Morgan fingerprint density at radius 2 is 1.98 bits per heavy atom. The number of nitrogens with one attached hydrogen (secondary N) is 1. The Balaban J connectivity index is 1.57. The predicted octanol–water partition coefficient (Wildman–Crippen LogP) is 2.29. The van der Waals surface area contributed by atoms with Crippen LogP contribution >= 0.6 is 0 Å². The molecule has 41 heavy (non-hydrogen) atoms. The summed E-state index contributed by atoms with van der Waals surface area (Å²) in [7, 11) is 0. The second-order valence-corrected chi connectivity index (χ2v) is 9.23. The van der Waals surface area contributed by atoms with Gasteiger partial charge in [-0.3, -0.25) is 19.7 Å². The lowest BCUT2D eigenvalue weighted by Crippen LogP contribution is -2.37. The Bertz CT molecular complexity index is 1770. The fraction of sp³-hybridized carbons (Fsp3) is 0.200. The van der Waals surface area contributed by atoms with Gasteiger partial charge in [-0.1, -0.05) is 24.1 Å². The number of nitrogen functional groups attached to an aromatic ring is 1. The number of rotatable bonds is 5. The number of carboxylic acids is 1. The molecule has 2 amide bonds. The van der Waals surface area contributed by atoms with Gasteiger partial charge in [0.2, 0.25) is 0 Å². The fourth-order valence-corrected chi connectivity index (χ4v) is 4.85. The van der Waals surface area contributed by atoms with Gasteiger partial charge in [-0.15, -0.1) is 0 Å². The van der Waals surface area contributed by atoms with Crippen LogP contribution in [0.15, 0.2) is 61.1 Å². The van der Waals surface area contributed by atoms with Crippen LogP contribution in [0.5, 0.6) is 0 Å². The molecule has 11 heteroatoms. The van der Waals surface area contributed by atoms with Gasteiger partial charge < -0.3 is 15.3 Å². The Kier molecular flexibility index (Phi) is 7.61. The summed E-state index contributed by atoms with van der Waals surface area (Å²) in [6, 6.07) is 11.9. The Morgan fingerprint density at radius 1 is 1.17 bits per heavy atom. The van der Waals surface area contributed by atoms with Crippen LogP contribution in [-0.2, 0) is 16.1 Å². The average molecular weight is 549 g/mol. The first-order valence-electron chi connectivity index (χ1n) is 12.8. The molecule has 1 atom stereocenters. The molecule has 11 nitrogen and oxygen atoms in total. The number of aliphatic carboxylic acids is 1. The first-order chi connectivity index (χ1) is 19.9. The minimum Gasteiger partial charge on any atom is -0.472 e. The maximum atomic E-state index is 12.8. The minimum atomic E-state index is -1.23. The number of carbonyl (C=O) groups excluding carboxylic acids is 2. The number of fused-ring (bicyclic) bond motifs is 1. The second kappa shape index (κ2) is 11.6. The maximum Gasteiger partial charge on any atom is 0.382 e. The molecule has 1 aliphatic rings. The number of amides is 2. The van der Waals surface area contributed by atoms with Crippen molar-refractivity contribution < 1.29 is 24.1 Å². The number of nitrogens with zero attached hydrogens (tertiary/aromatic N) is 5. The van der Waals surface area contributed by atoms with Crippen LogP contribution in [-0.4, -0.2) is 48.7 Å². The van der Waals surface area contributed by atoms with Crippen molar-refractivity contribution in [3.63, 3.8) is 0 Å². The summed E-state index contributed by atoms with van der Waals surface area (Å²) in [6.45, 7) is 2.25. The van der Waals surface area contributed by atoms with E-state index in [0.29, 0.717) is 52.8 Å². The van der Waals surface area contributed by atoms with E-state index in [-0.39, 0.29) is 24.4 Å². The van der Waals surface area contributed by atoms with Crippen molar-refractivity contribution in [2.45, 2.75) is 32.4 Å². The molecule has 0 saturated carbocycles. The van der Waals surface area contributed by atoms with Crippen LogP contribution < -0.4 is 15.6 Å². The first-order valence-corrected chi connectivity index (χ1v) is 12.8. The quantitative estimate of drug-likeness (QED) is 0.256. The third-order valence-electron chi connectivity index (χ3n) is 6.70. The smallest absolute Gasteiger partial charge is 0.382 e. The summed E-state index contributed by atoms with van der Waals surface area (Å²) < 4.78 is 3.48. The number of nitrogens with two attached hydrogens (primary N) is 1. The largest absolute Gasteiger partial charge is 0.472 e. The van der Waals surface area contributed by atoms with Crippen LogP contribution in [0.2, 0.25) is 0 Å². The highest BCUT2D eigenvalue weighted by atomic mass is 16.4. The number of benzene rings is 1. The number of hydrogen-bond donors (Lipinski definition) is 3. The van der Waals surface area contributed by atoms with E-state index in [9.17, 15) is 14.4 Å². The lowest BCUT2D eigenvalue weighted by molar-refractivity contribution is -0.669. The van der Waals surface area contributed by atoms with Crippen molar-refractivity contribution >= 4 is 34.9 Å². The molecule has 204 valence electrons. The van der Waals surface area contributed by atoms with Gasteiger partial charge in [0.25, 0.3) is 17.6 Å². The molecule has 1 aliphatic heterocycles. The van der Waals surface area contributed by atoms with Gasteiger partial charge in [-0.25, -0.2) is 19.3 Å². The number of imidazole rings is 1. The Morgan fingerprint density at radius 3 is 2.68 bits per heavy atom. The highest BCUT2D eigenvalue weighted by Crippen LogP contribution is 2.36. The zero-order chi connectivity index (χ0) is 28.9. The number of pyridine rings is 1. The second-order valence-electron chi connectivity index (χ2n) is 9.23. The number of hydrogen-bond acceptors (Lipinski definition) is 6. The fourth-order valence-electron chi connectivity index (χ4n) is 4.85. The summed E-state index contributed by atoms with van der Waals surface area (Å²) in [5.41, 5.74) is 8.87. The van der Waals surface area contributed by atoms with Crippen molar-refractivity contribution in [1.29, 1.82) is 0 Å². The molecule has 4 N–H and O–H groups in total. The van der Waals surface area contributed by atoms with Gasteiger partial charge in [-0.2, -0.15) is 0 Å². The SMILES string of the molecule is CC#CC(=O)N1CCC[C@H]1c1nc(-c2ccc(C(=O)Nc3ccccn3)cc2)c2c(N)[n+](CC#CC(=O)O)ccn12. The molecule has 4 heterocycles. The number of likely N-dealkylation sites (tertiary alicyclic amines) is 1. The van der Waals surface area contributed by atoms with Crippen molar-refractivity contribution in [2.75, 3.05) is 17.6 Å². The zero-order valence-electron chi connectivity index (χ0n) is 22.2. The summed E-state index contributed by atoms with van der Waals surface area (Å²) in [5.74, 6) is 9.58. The van der Waals surface area contributed by atoms with Crippen molar-refractivity contribution in [3.8, 4) is 34.9 Å². The van der Waals surface area contributed by atoms with Crippen LogP contribution in [0.1, 0.15) is 42.0 Å². The Hall–Kier alpha value is -5.68. The third-order valence-corrected chi connectivity index (χ3v) is 6.70. The molecule has 0 bridgehead atoms. The molecule has 5 rings (SSSR count). The van der Waals surface area contributed by atoms with Crippen molar-refractivity contribution in [1.82, 2.24) is 19.3 Å². The van der Waals surface area contributed by atoms with Crippen LogP contribution in [0, 0.1) is 23.7 Å². The highest BCUT2D eigenvalue weighted by molar-refractivity contribution is 6.04. The monoisotopic (exact) mass is 548 g/mol. The van der Waals surface area contributed by atoms with Gasteiger partial charge in [0.1, 0.15) is 23.5 Å². The van der Waals surface area contributed by atoms with Crippen molar-refractivity contribution in [2.24, 2.45) is 0 Å². The molecular formula is C30H26N7O4+. The van der Waals surface area contributed by atoms with Gasteiger partial charge >= 0.3 is 5.97 Å². The maximum absolute atomic E-state index is 12.8. The van der Waals surface area contributed by atoms with E-state index in [4.69, 9.17) is 15.8 Å². The molecule has 0 unspecified atom stereocenters. The minimum absolute atomic E-state index is 0.0569. The van der Waals surface area contributed by atoms with E-state index in [1.54, 1.807) is 77.4 Å². The normalized spacial score (nSPS) is 14.1. The number of carboxylic acid groups (broad SMARTS) is 1. The molecule has 0 aliphatic carbocycles. The molecule has 1 fully saturated rings. The van der Waals surface area contributed by atoms with Crippen molar-refractivity contribution in [3.05, 3.63) is 72.4 Å². The summed E-state index contributed by atoms with van der Waals surface area (Å²) >= 11 is 0. The molecule has 1 saturated heterocycles. The zero-order valence-corrected chi connectivity index (χ0v) is 22.2. The van der Waals surface area contributed by atoms with Crippen LogP contribution in [0.3, 0.4) is 0 Å². The van der Waals surface area contributed by atoms with E-state index < -0.39 is 5.97 Å². The molecule has 0 spiro atoms. The molecule has 3 aromatic heterocycles. The third kappa shape index (κ3) is 5.56. The van der Waals surface area contributed by atoms with Gasteiger partial charge in [0.05, 0.1) is 12.2 Å². The first kappa shape index (κ1) is 26.9. The summed E-state index contributed by atoms with van der Waals surface area (Å²) in [4.78, 5) is 47.2. The topological polar surface area (TPSA) is 147 Å². The molecule has 4 aromatic rings.